The van der Waals surface area contributed by atoms with Crippen LogP contribution < -0.4 is 0 Å². The second-order valence-corrected chi connectivity index (χ2v) is 3.83. The van der Waals surface area contributed by atoms with E-state index in [0.717, 1.165) is 11.1 Å². The molecule has 92 valence electrons. The van der Waals surface area contributed by atoms with Gasteiger partial charge in [-0.1, -0.05) is 6.07 Å². The Morgan fingerprint density at radius 3 is 2.78 bits per heavy atom. The van der Waals surface area contributed by atoms with Crippen molar-refractivity contribution in [1.29, 1.82) is 0 Å². The largest absolute Gasteiger partial charge is 0.281 e. The molecule has 0 N–H and O–H groups in total. The lowest BCUT2D eigenvalue weighted by Gasteiger charge is -2.09. The third-order valence-corrected chi connectivity index (χ3v) is 2.41. The predicted molar refractivity (Wildman–Crippen MR) is 62.0 cm³/mol. The number of carbonyl (C=O) groups is 2. The van der Waals surface area contributed by atoms with Gasteiger partial charge in [0.2, 0.25) is 0 Å². The molecule has 0 unspecified atom stereocenters. The van der Waals surface area contributed by atoms with Gasteiger partial charge in [-0.15, -0.1) is 0 Å². The Morgan fingerprint density at radius 1 is 1.50 bits per heavy atom. The fraction of sp³-hybridized carbons (Fsp3) is 0.182. The second-order valence-electron chi connectivity index (χ2n) is 3.83. The summed E-state index contributed by atoms with van der Waals surface area (Å²) in [5.74, 6) is -1.08. The minimum Gasteiger partial charge on any atom is -0.272 e. The summed E-state index contributed by atoms with van der Waals surface area (Å²) in [4.78, 5) is 33.4. The van der Waals surface area contributed by atoms with Gasteiger partial charge in [0.05, 0.1) is 11.3 Å². The molecule has 7 heteroatoms. The zero-order chi connectivity index (χ0) is 13.3. The van der Waals surface area contributed by atoms with Crippen molar-refractivity contribution in [3.05, 3.63) is 39.9 Å². The summed E-state index contributed by atoms with van der Waals surface area (Å²) in [6.45, 7) is 1.64. The number of non-ortho nitro benzene ring substituents is 1. The van der Waals surface area contributed by atoms with E-state index in [1.165, 1.54) is 18.2 Å². The molecular formula is C11H9N3O4. The maximum absolute atomic E-state index is 12.0. The summed E-state index contributed by atoms with van der Waals surface area (Å²) in [6, 6.07) is 5.20. The van der Waals surface area contributed by atoms with Crippen LogP contribution in [0.3, 0.4) is 0 Å². The predicted octanol–water partition coefficient (Wildman–Crippen LogP) is 1.34. The first-order valence-electron chi connectivity index (χ1n) is 5.15. The normalized spacial score (nSPS) is 14.6. The number of nitro groups is 1. The number of amides is 2. The summed E-state index contributed by atoms with van der Waals surface area (Å²) < 4.78 is 0. The maximum Gasteiger partial charge on any atom is 0.281 e. The van der Waals surface area contributed by atoms with Gasteiger partial charge in [-0.05, 0) is 13.0 Å². The molecule has 0 fully saturated rings. The minimum atomic E-state index is -0.652. The van der Waals surface area contributed by atoms with Crippen LogP contribution in [0, 0.1) is 10.1 Å². The lowest BCUT2D eigenvalue weighted by atomic mass is 10.2. The van der Waals surface area contributed by atoms with Crippen molar-refractivity contribution >= 4 is 23.2 Å². The zero-order valence-corrected chi connectivity index (χ0v) is 9.49. The highest BCUT2D eigenvalue weighted by atomic mass is 16.6. The molecule has 0 aromatic heterocycles. The molecular weight excluding hydrogens is 238 g/mol. The molecule has 1 aliphatic heterocycles. The molecule has 0 saturated carbocycles. The van der Waals surface area contributed by atoms with Crippen molar-refractivity contribution in [2.24, 2.45) is 5.10 Å². The first kappa shape index (κ1) is 11.9. The summed E-state index contributed by atoms with van der Waals surface area (Å²) in [5, 5.41) is 15.1. The van der Waals surface area contributed by atoms with Gasteiger partial charge < -0.3 is 0 Å². The molecule has 0 aliphatic carbocycles. The van der Waals surface area contributed by atoms with E-state index < -0.39 is 16.7 Å². The Kier molecular flexibility index (Phi) is 2.88. The van der Waals surface area contributed by atoms with E-state index in [0.29, 0.717) is 5.71 Å². The van der Waals surface area contributed by atoms with E-state index in [1.54, 1.807) is 6.92 Å². The van der Waals surface area contributed by atoms with Gasteiger partial charge in [0.15, 0.2) is 0 Å². The van der Waals surface area contributed by atoms with Crippen LogP contribution in [0.15, 0.2) is 29.4 Å². The standard InChI is InChI=1S/C11H9N3O4/c1-7-5-10(15)13(12-7)11(16)8-3-2-4-9(6-8)14(17)18/h2-4,6H,5H2,1H3. The number of imide groups is 1. The van der Waals surface area contributed by atoms with Crippen LogP contribution in [0.2, 0.25) is 0 Å². The summed E-state index contributed by atoms with van der Waals surface area (Å²) >= 11 is 0. The van der Waals surface area contributed by atoms with E-state index in [-0.39, 0.29) is 17.7 Å². The third-order valence-electron chi connectivity index (χ3n) is 2.41. The SMILES string of the molecule is CC1=NN(C(=O)c2cccc([N+](=O)[O-])c2)C(=O)C1. The molecule has 0 saturated heterocycles. The molecule has 1 aliphatic rings. The Hall–Kier alpha value is -2.57. The number of nitro benzene ring substituents is 1. The van der Waals surface area contributed by atoms with Crippen LogP contribution in [0.1, 0.15) is 23.7 Å². The van der Waals surface area contributed by atoms with Gasteiger partial charge >= 0.3 is 0 Å². The number of nitrogens with zero attached hydrogens (tertiary/aromatic N) is 3. The summed E-state index contributed by atoms with van der Waals surface area (Å²) in [5.41, 5.74) is 0.406. The first-order chi connectivity index (χ1) is 8.49. The van der Waals surface area contributed by atoms with Crippen LogP contribution in [-0.4, -0.2) is 27.5 Å². The van der Waals surface area contributed by atoms with Gasteiger partial charge in [0, 0.05) is 23.4 Å². The van der Waals surface area contributed by atoms with Gasteiger partial charge in [0.1, 0.15) is 0 Å². The molecule has 2 rings (SSSR count). The number of hydrazone groups is 1. The molecule has 1 aromatic rings. The molecule has 0 spiro atoms. The number of benzene rings is 1. The highest BCUT2D eigenvalue weighted by molar-refractivity contribution is 6.14. The smallest absolute Gasteiger partial charge is 0.272 e. The van der Waals surface area contributed by atoms with Gasteiger partial charge in [-0.25, -0.2) is 0 Å². The lowest BCUT2D eigenvalue weighted by Crippen LogP contribution is -2.28. The van der Waals surface area contributed by atoms with Crippen molar-refractivity contribution < 1.29 is 14.5 Å². The van der Waals surface area contributed by atoms with E-state index in [2.05, 4.69) is 5.10 Å². The van der Waals surface area contributed by atoms with Crippen LogP contribution in [0.25, 0.3) is 0 Å². The second kappa shape index (κ2) is 4.36. The Morgan fingerprint density at radius 2 is 2.22 bits per heavy atom. The monoisotopic (exact) mass is 247 g/mol. The zero-order valence-electron chi connectivity index (χ0n) is 9.49. The van der Waals surface area contributed by atoms with Crippen molar-refractivity contribution in [3.8, 4) is 0 Å². The maximum atomic E-state index is 12.0. The quantitative estimate of drug-likeness (QED) is 0.447. The summed E-state index contributed by atoms with van der Waals surface area (Å²) in [7, 11) is 0. The fourth-order valence-corrected chi connectivity index (χ4v) is 1.59. The van der Waals surface area contributed by atoms with Crippen LogP contribution >= 0.6 is 0 Å². The molecule has 0 bridgehead atoms. The van der Waals surface area contributed by atoms with Gasteiger partial charge in [-0.2, -0.15) is 10.1 Å². The van der Waals surface area contributed by atoms with Gasteiger partial charge in [0.25, 0.3) is 17.5 Å². The van der Waals surface area contributed by atoms with Crippen LogP contribution in [-0.2, 0) is 4.79 Å². The van der Waals surface area contributed by atoms with E-state index >= 15 is 0 Å². The molecule has 18 heavy (non-hydrogen) atoms. The molecule has 1 aromatic carbocycles. The summed E-state index contributed by atoms with van der Waals surface area (Å²) in [6.07, 6.45) is 0.0979. The highest BCUT2D eigenvalue weighted by Gasteiger charge is 2.28. The van der Waals surface area contributed by atoms with Crippen molar-refractivity contribution in [2.75, 3.05) is 0 Å². The van der Waals surface area contributed by atoms with Gasteiger partial charge in [-0.3, -0.25) is 19.7 Å². The van der Waals surface area contributed by atoms with Crippen molar-refractivity contribution in [2.45, 2.75) is 13.3 Å². The Bertz CT molecular complexity index is 579. The number of carbonyl (C=O) groups excluding carboxylic acids is 2. The molecule has 2 amide bonds. The molecule has 1 heterocycles. The topological polar surface area (TPSA) is 92.9 Å². The van der Waals surface area contributed by atoms with E-state index in [1.807, 2.05) is 0 Å². The fourth-order valence-electron chi connectivity index (χ4n) is 1.59. The molecule has 0 radical (unpaired) electrons. The van der Waals surface area contributed by atoms with Crippen LogP contribution in [0.4, 0.5) is 5.69 Å². The third kappa shape index (κ3) is 2.10. The highest BCUT2D eigenvalue weighted by Crippen LogP contribution is 2.17. The van der Waals surface area contributed by atoms with E-state index in [4.69, 9.17) is 0 Å². The number of hydrogen-bond donors (Lipinski definition) is 0. The van der Waals surface area contributed by atoms with E-state index in [9.17, 15) is 19.7 Å². The lowest BCUT2D eigenvalue weighted by molar-refractivity contribution is -0.384. The van der Waals surface area contributed by atoms with Crippen LogP contribution in [0.5, 0.6) is 0 Å². The average Bonchev–Trinajstić information content (AvgIpc) is 2.67. The minimum absolute atomic E-state index is 0.0657. The Balaban J connectivity index is 2.32. The Labute approximate surface area is 102 Å². The van der Waals surface area contributed by atoms with Crippen molar-refractivity contribution in [3.63, 3.8) is 0 Å². The molecule has 0 atom stereocenters. The first-order valence-corrected chi connectivity index (χ1v) is 5.15. The molecule has 7 nitrogen and oxygen atoms in total. The van der Waals surface area contributed by atoms with Crippen molar-refractivity contribution in [1.82, 2.24) is 5.01 Å². The number of hydrogen-bond acceptors (Lipinski definition) is 5. The number of rotatable bonds is 2. The average molecular weight is 247 g/mol.